The van der Waals surface area contributed by atoms with Crippen molar-refractivity contribution in [1.29, 1.82) is 0 Å². The van der Waals surface area contributed by atoms with Crippen LogP contribution in [0, 0.1) is 0 Å². The molecule has 2 heterocycles. The Balaban J connectivity index is 1.84. The number of hydrogen-bond acceptors (Lipinski definition) is 5. The fraction of sp³-hybridized carbons (Fsp3) is 0.944. The van der Waals surface area contributed by atoms with E-state index in [4.69, 9.17) is 14.5 Å². The van der Waals surface area contributed by atoms with Gasteiger partial charge in [-0.1, -0.05) is 0 Å². The van der Waals surface area contributed by atoms with Gasteiger partial charge in [-0.15, -0.1) is 0 Å². The zero-order valence-corrected chi connectivity index (χ0v) is 16.8. The zero-order valence-electron chi connectivity index (χ0n) is 16.0. The molecule has 1 unspecified atom stereocenters. The van der Waals surface area contributed by atoms with Crippen LogP contribution in [0.5, 0.6) is 0 Å². The summed E-state index contributed by atoms with van der Waals surface area (Å²) in [4.78, 5) is 7.56. The van der Waals surface area contributed by atoms with Crippen molar-refractivity contribution in [2.45, 2.75) is 38.6 Å². The number of aliphatic imine (C=N–C) groups is 1. The van der Waals surface area contributed by atoms with Crippen LogP contribution in [0.15, 0.2) is 4.99 Å². The minimum Gasteiger partial charge on any atom is -0.382 e. The van der Waals surface area contributed by atoms with E-state index in [1.165, 1.54) is 17.9 Å². The van der Waals surface area contributed by atoms with Crippen LogP contribution >= 0.6 is 11.8 Å². The minimum absolute atomic E-state index is 0.214. The summed E-state index contributed by atoms with van der Waals surface area (Å²) in [5, 5.41) is 6.86. The second-order valence-corrected chi connectivity index (χ2v) is 7.76. The predicted octanol–water partition coefficient (Wildman–Crippen LogP) is 1.57. The number of unbranched alkanes of at least 4 members (excludes halogenated alkanes) is 1. The fourth-order valence-corrected chi connectivity index (χ4v) is 4.82. The molecule has 0 saturated carbocycles. The second kappa shape index (κ2) is 12.0. The largest absolute Gasteiger partial charge is 0.382 e. The minimum atomic E-state index is 0.214. The van der Waals surface area contributed by atoms with Crippen molar-refractivity contribution in [1.82, 2.24) is 15.5 Å². The van der Waals surface area contributed by atoms with Gasteiger partial charge in [0.15, 0.2) is 5.96 Å². The molecule has 1 atom stereocenters. The number of ether oxygens (including phenoxy) is 2. The summed E-state index contributed by atoms with van der Waals surface area (Å²) in [6.45, 7) is 12.3. The molecule has 2 N–H and O–H groups in total. The average molecular weight is 373 g/mol. The van der Waals surface area contributed by atoms with Crippen molar-refractivity contribution in [3.05, 3.63) is 0 Å². The highest BCUT2D eigenvalue weighted by Gasteiger charge is 2.40. The maximum atomic E-state index is 5.54. The molecular weight excluding hydrogens is 336 g/mol. The zero-order chi connectivity index (χ0) is 17.8. The van der Waals surface area contributed by atoms with Crippen molar-refractivity contribution in [3.63, 3.8) is 0 Å². The van der Waals surface area contributed by atoms with E-state index < -0.39 is 0 Å². The number of nitrogens with one attached hydrogen (secondary N) is 2. The van der Waals surface area contributed by atoms with E-state index >= 15 is 0 Å². The first kappa shape index (κ1) is 20.8. The standard InChI is InChI=1S/C18H36N4O2S/c1-3-19-17(20-8-5-6-11-23-4-2)21-15-18(7-14-25-16-18)22-9-12-24-13-10-22/h3-16H2,1-2H3,(H2,19,20,21). The van der Waals surface area contributed by atoms with Crippen LogP contribution in [-0.4, -0.2) is 87.1 Å². The maximum absolute atomic E-state index is 5.54. The lowest BCUT2D eigenvalue weighted by molar-refractivity contribution is -0.0104. The fourth-order valence-electron chi connectivity index (χ4n) is 3.36. The van der Waals surface area contributed by atoms with E-state index in [0.717, 1.165) is 78.0 Å². The molecule has 146 valence electrons. The molecule has 0 amide bonds. The van der Waals surface area contributed by atoms with Crippen LogP contribution in [0.2, 0.25) is 0 Å². The molecule has 2 aliphatic rings. The molecule has 2 rings (SSSR count). The number of morpholine rings is 1. The molecule has 0 aromatic rings. The molecule has 2 aliphatic heterocycles. The molecule has 7 heteroatoms. The Labute approximate surface area is 157 Å². The Morgan fingerprint density at radius 1 is 1.24 bits per heavy atom. The molecule has 2 saturated heterocycles. The monoisotopic (exact) mass is 372 g/mol. The topological polar surface area (TPSA) is 58.1 Å². The van der Waals surface area contributed by atoms with Gasteiger partial charge in [0, 0.05) is 45.1 Å². The van der Waals surface area contributed by atoms with Crippen molar-refractivity contribution in [2.75, 3.05) is 70.7 Å². The maximum Gasteiger partial charge on any atom is 0.191 e. The van der Waals surface area contributed by atoms with Gasteiger partial charge in [-0.2, -0.15) is 11.8 Å². The molecule has 0 aliphatic carbocycles. The van der Waals surface area contributed by atoms with Crippen LogP contribution in [0.25, 0.3) is 0 Å². The Morgan fingerprint density at radius 2 is 2.08 bits per heavy atom. The van der Waals surface area contributed by atoms with Gasteiger partial charge in [-0.3, -0.25) is 9.89 Å². The van der Waals surface area contributed by atoms with E-state index in [1.807, 2.05) is 6.92 Å². The third kappa shape index (κ3) is 6.96. The average Bonchev–Trinajstić information content (AvgIpc) is 3.13. The highest BCUT2D eigenvalue weighted by molar-refractivity contribution is 7.99. The second-order valence-electron chi connectivity index (χ2n) is 6.65. The van der Waals surface area contributed by atoms with Crippen molar-refractivity contribution >= 4 is 17.7 Å². The van der Waals surface area contributed by atoms with Crippen LogP contribution in [0.4, 0.5) is 0 Å². The third-order valence-electron chi connectivity index (χ3n) is 4.85. The lowest BCUT2D eigenvalue weighted by Gasteiger charge is -2.42. The Bertz CT molecular complexity index is 383. The van der Waals surface area contributed by atoms with Gasteiger partial charge in [-0.05, 0) is 38.9 Å². The molecule has 6 nitrogen and oxygen atoms in total. The smallest absolute Gasteiger partial charge is 0.191 e. The van der Waals surface area contributed by atoms with Gasteiger partial charge in [0.1, 0.15) is 0 Å². The first-order chi connectivity index (χ1) is 12.3. The van der Waals surface area contributed by atoms with E-state index in [2.05, 4.69) is 34.2 Å². The normalized spacial score (nSPS) is 25.3. The van der Waals surface area contributed by atoms with Gasteiger partial charge >= 0.3 is 0 Å². The molecule has 0 radical (unpaired) electrons. The van der Waals surface area contributed by atoms with Crippen LogP contribution < -0.4 is 10.6 Å². The summed E-state index contributed by atoms with van der Waals surface area (Å²) in [7, 11) is 0. The number of thioether (sulfide) groups is 1. The molecule has 0 aromatic carbocycles. The molecular formula is C18H36N4O2S. The van der Waals surface area contributed by atoms with Gasteiger partial charge in [-0.25, -0.2) is 0 Å². The van der Waals surface area contributed by atoms with Gasteiger partial charge < -0.3 is 20.1 Å². The summed E-state index contributed by atoms with van der Waals surface area (Å²) in [6, 6.07) is 0. The SMILES string of the molecule is CCNC(=NCC1(N2CCOCC2)CCSC1)NCCCCOCC. The summed E-state index contributed by atoms with van der Waals surface area (Å²) in [5.74, 6) is 3.38. The first-order valence-electron chi connectivity index (χ1n) is 9.81. The first-order valence-corrected chi connectivity index (χ1v) is 11.0. The van der Waals surface area contributed by atoms with E-state index in [9.17, 15) is 0 Å². The van der Waals surface area contributed by atoms with Gasteiger partial charge in [0.25, 0.3) is 0 Å². The Kier molecular flexibility index (Phi) is 9.98. The lowest BCUT2D eigenvalue weighted by atomic mass is 9.96. The quantitative estimate of drug-likeness (QED) is 0.345. The van der Waals surface area contributed by atoms with Crippen molar-refractivity contribution in [3.8, 4) is 0 Å². The molecule has 0 bridgehead atoms. The summed E-state index contributed by atoms with van der Waals surface area (Å²) < 4.78 is 10.9. The molecule has 25 heavy (non-hydrogen) atoms. The third-order valence-corrected chi connectivity index (χ3v) is 6.09. The van der Waals surface area contributed by atoms with Crippen LogP contribution in [0.1, 0.15) is 33.1 Å². The molecule has 0 spiro atoms. The Hall–Kier alpha value is -0.500. The summed E-state index contributed by atoms with van der Waals surface area (Å²) >= 11 is 2.06. The lowest BCUT2D eigenvalue weighted by Crippen LogP contribution is -2.56. The van der Waals surface area contributed by atoms with E-state index in [1.54, 1.807) is 0 Å². The number of hydrogen-bond donors (Lipinski definition) is 2. The number of guanidine groups is 1. The summed E-state index contributed by atoms with van der Waals surface area (Å²) in [6.07, 6.45) is 3.43. The number of nitrogens with zero attached hydrogens (tertiary/aromatic N) is 2. The highest BCUT2D eigenvalue weighted by Crippen LogP contribution is 2.34. The molecule has 0 aromatic heterocycles. The van der Waals surface area contributed by atoms with E-state index in [0.29, 0.717) is 0 Å². The molecule has 2 fully saturated rings. The number of rotatable bonds is 10. The highest BCUT2D eigenvalue weighted by atomic mass is 32.2. The van der Waals surface area contributed by atoms with Crippen molar-refractivity contribution < 1.29 is 9.47 Å². The van der Waals surface area contributed by atoms with Gasteiger partial charge in [0.05, 0.1) is 25.3 Å². The van der Waals surface area contributed by atoms with Crippen LogP contribution in [-0.2, 0) is 9.47 Å². The van der Waals surface area contributed by atoms with E-state index in [-0.39, 0.29) is 5.54 Å². The van der Waals surface area contributed by atoms with Crippen LogP contribution in [0.3, 0.4) is 0 Å². The van der Waals surface area contributed by atoms with Crippen molar-refractivity contribution in [2.24, 2.45) is 4.99 Å². The van der Waals surface area contributed by atoms with Gasteiger partial charge in [0.2, 0.25) is 0 Å². The Morgan fingerprint density at radius 3 is 2.76 bits per heavy atom. The predicted molar refractivity (Wildman–Crippen MR) is 107 cm³/mol. The summed E-state index contributed by atoms with van der Waals surface area (Å²) in [5.41, 5.74) is 0.214.